The molecule has 0 bridgehead atoms. The van der Waals surface area contributed by atoms with E-state index in [1.54, 1.807) is 17.0 Å². The van der Waals surface area contributed by atoms with Crippen molar-refractivity contribution in [3.8, 4) is 5.75 Å². The number of benzene rings is 1. The molecule has 10 heteroatoms. The minimum Gasteiger partial charge on any atom is -0.444 e. The summed E-state index contributed by atoms with van der Waals surface area (Å²) in [5.41, 5.74) is -0.150. The predicted molar refractivity (Wildman–Crippen MR) is 112 cm³/mol. The number of para-hydroxylation sites is 1. The Morgan fingerprint density at radius 3 is 2.31 bits per heavy atom. The highest BCUT2D eigenvalue weighted by Crippen LogP contribution is 2.36. The molecule has 2 aliphatic heterocycles. The summed E-state index contributed by atoms with van der Waals surface area (Å²) >= 11 is 0. The van der Waals surface area contributed by atoms with E-state index in [1.165, 1.54) is 12.1 Å². The minimum atomic E-state index is -4.78. The van der Waals surface area contributed by atoms with Gasteiger partial charge in [-0.25, -0.2) is 4.79 Å². The molecular weight excluding hydrogens is 427 g/mol. The number of hydrogen-bond donors (Lipinski definition) is 0. The zero-order chi connectivity index (χ0) is 23.5. The molecule has 0 aromatic heterocycles. The SMILES string of the molecule is CC1CN(C(c2ccccc2OC(F)(F)F)N2CCOCC2)CCN1C(=O)OC(C)(C)C. The number of amides is 1. The third-order valence-corrected chi connectivity index (χ3v) is 5.45. The van der Waals surface area contributed by atoms with Gasteiger partial charge in [0, 0.05) is 44.3 Å². The smallest absolute Gasteiger partial charge is 0.444 e. The lowest BCUT2D eigenvalue weighted by atomic mass is 10.1. The van der Waals surface area contributed by atoms with Crippen LogP contribution >= 0.6 is 0 Å². The zero-order valence-electron chi connectivity index (χ0n) is 19.0. The summed E-state index contributed by atoms with van der Waals surface area (Å²) in [6.45, 7) is 11.0. The fraction of sp³-hybridized carbons (Fsp3) is 0.682. The van der Waals surface area contributed by atoms with Gasteiger partial charge in [-0.3, -0.25) is 9.80 Å². The van der Waals surface area contributed by atoms with Crippen molar-refractivity contribution >= 4 is 6.09 Å². The van der Waals surface area contributed by atoms with Crippen LogP contribution in [0.3, 0.4) is 0 Å². The van der Waals surface area contributed by atoms with Gasteiger partial charge in [0.2, 0.25) is 0 Å². The Labute approximate surface area is 187 Å². The molecule has 0 N–H and O–H groups in total. The van der Waals surface area contributed by atoms with Crippen LogP contribution in [-0.4, -0.2) is 84.7 Å². The number of carbonyl (C=O) groups is 1. The highest BCUT2D eigenvalue weighted by Gasteiger charge is 2.39. The fourth-order valence-corrected chi connectivity index (χ4v) is 4.16. The van der Waals surface area contributed by atoms with Crippen molar-refractivity contribution in [2.45, 2.75) is 51.9 Å². The van der Waals surface area contributed by atoms with Gasteiger partial charge in [0.15, 0.2) is 0 Å². The molecule has 0 spiro atoms. The fourth-order valence-electron chi connectivity index (χ4n) is 4.16. The molecule has 0 saturated carbocycles. The Bertz CT molecular complexity index is 778. The number of halogens is 3. The second-order valence-electron chi connectivity index (χ2n) is 9.13. The number of alkyl halides is 3. The van der Waals surface area contributed by atoms with E-state index in [0.717, 1.165) is 0 Å². The van der Waals surface area contributed by atoms with Crippen molar-refractivity contribution in [2.75, 3.05) is 45.9 Å². The molecule has 2 unspecified atom stereocenters. The predicted octanol–water partition coefficient (Wildman–Crippen LogP) is 3.86. The van der Waals surface area contributed by atoms with Crippen LogP contribution in [0.25, 0.3) is 0 Å². The number of hydrogen-bond acceptors (Lipinski definition) is 6. The summed E-state index contributed by atoms with van der Waals surface area (Å²) in [5.74, 6) is -0.210. The standard InChI is InChI=1S/C22H32F3N3O4/c1-16-15-27(9-10-28(16)20(29)32-21(2,3)4)19(26-11-13-30-14-12-26)17-7-5-6-8-18(17)31-22(23,24)25/h5-8,16,19H,9-15H2,1-4H3. The van der Waals surface area contributed by atoms with E-state index in [0.29, 0.717) is 51.5 Å². The number of piperazine rings is 1. The molecule has 3 rings (SSSR count). The van der Waals surface area contributed by atoms with Crippen LogP contribution in [0, 0.1) is 0 Å². The summed E-state index contributed by atoms with van der Waals surface area (Å²) in [6, 6.07) is 6.09. The first-order chi connectivity index (χ1) is 14.9. The number of morpholine rings is 1. The molecule has 2 heterocycles. The van der Waals surface area contributed by atoms with Gasteiger partial charge < -0.3 is 19.1 Å². The Kier molecular flexibility index (Phi) is 7.57. The highest BCUT2D eigenvalue weighted by atomic mass is 19.4. The van der Waals surface area contributed by atoms with Crippen LogP contribution in [0.5, 0.6) is 5.75 Å². The molecule has 32 heavy (non-hydrogen) atoms. The summed E-state index contributed by atoms with van der Waals surface area (Å²) in [5, 5.41) is 0. The third kappa shape index (κ3) is 6.49. The molecule has 180 valence electrons. The molecule has 0 radical (unpaired) electrons. The molecule has 2 fully saturated rings. The Morgan fingerprint density at radius 1 is 1.06 bits per heavy atom. The van der Waals surface area contributed by atoms with Gasteiger partial charge in [-0.2, -0.15) is 0 Å². The van der Waals surface area contributed by atoms with E-state index >= 15 is 0 Å². The van der Waals surface area contributed by atoms with Crippen molar-refractivity contribution in [1.29, 1.82) is 0 Å². The van der Waals surface area contributed by atoms with E-state index in [2.05, 4.69) is 14.5 Å². The highest BCUT2D eigenvalue weighted by molar-refractivity contribution is 5.68. The van der Waals surface area contributed by atoms with Crippen LogP contribution in [0.4, 0.5) is 18.0 Å². The number of nitrogens with zero attached hydrogens (tertiary/aromatic N) is 3. The second-order valence-corrected chi connectivity index (χ2v) is 9.13. The van der Waals surface area contributed by atoms with Crippen LogP contribution in [-0.2, 0) is 9.47 Å². The van der Waals surface area contributed by atoms with Gasteiger partial charge in [-0.05, 0) is 33.8 Å². The van der Waals surface area contributed by atoms with Gasteiger partial charge in [-0.1, -0.05) is 18.2 Å². The lowest BCUT2D eigenvalue weighted by molar-refractivity contribution is -0.275. The van der Waals surface area contributed by atoms with E-state index in [-0.39, 0.29) is 17.9 Å². The molecule has 0 aliphatic carbocycles. The molecule has 7 nitrogen and oxygen atoms in total. The minimum absolute atomic E-state index is 0.169. The first kappa shape index (κ1) is 24.6. The van der Waals surface area contributed by atoms with Crippen molar-refractivity contribution in [1.82, 2.24) is 14.7 Å². The maximum Gasteiger partial charge on any atom is 0.573 e. The van der Waals surface area contributed by atoms with E-state index in [1.807, 2.05) is 27.7 Å². The lowest BCUT2D eigenvalue weighted by Gasteiger charge is -2.47. The maximum atomic E-state index is 13.1. The Morgan fingerprint density at radius 2 is 1.72 bits per heavy atom. The molecule has 1 aromatic rings. The molecular formula is C22H32F3N3O4. The molecule has 1 amide bonds. The van der Waals surface area contributed by atoms with Crippen LogP contribution in [0.15, 0.2) is 24.3 Å². The zero-order valence-corrected chi connectivity index (χ0v) is 19.0. The van der Waals surface area contributed by atoms with Gasteiger partial charge in [-0.15, -0.1) is 13.2 Å². The number of ether oxygens (including phenoxy) is 3. The number of rotatable bonds is 4. The Balaban J connectivity index is 1.85. The molecule has 2 saturated heterocycles. The van der Waals surface area contributed by atoms with Crippen molar-refractivity contribution in [3.05, 3.63) is 29.8 Å². The van der Waals surface area contributed by atoms with Crippen molar-refractivity contribution in [3.63, 3.8) is 0 Å². The first-order valence-corrected chi connectivity index (χ1v) is 10.8. The third-order valence-electron chi connectivity index (χ3n) is 5.45. The first-order valence-electron chi connectivity index (χ1n) is 10.8. The van der Waals surface area contributed by atoms with Gasteiger partial charge in [0.05, 0.1) is 19.4 Å². The van der Waals surface area contributed by atoms with Crippen molar-refractivity contribution < 1.29 is 32.2 Å². The van der Waals surface area contributed by atoms with Gasteiger partial charge in [0.25, 0.3) is 0 Å². The number of carbonyl (C=O) groups excluding carboxylic acids is 1. The van der Waals surface area contributed by atoms with Crippen molar-refractivity contribution in [2.24, 2.45) is 0 Å². The van der Waals surface area contributed by atoms with E-state index in [9.17, 15) is 18.0 Å². The van der Waals surface area contributed by atoms with E-state index < -0.39 is 18.1 Å². The van der Waals surface area contributed by atoms with Gasteiger partial charge >= 0.3 is 12.5 Å². The topological polar surface area (TPSA) is 54.5 Å². The summed E-state index contributed by atoms with van der Waals surface area (Å²) in [6.07, 6.45) is -5.59. The van der Waals surface area contributed by atoms with Crippen LogP contribution in [0.2, 0.25) is 0 Å². The maximum absolute atomic E-state index is 13.1. The molecule has 2 atom stereocenters. The normalized spacial score (nSPS) is 22.5. The van der Waals surface area contributed by atoms with Crippen LogP contribution < -0.4 is 4.74 Å². The lowest BCUT2D eigenvalue weighted by Crippen LogP contribution is -2.58. The van der Waals surface area contributed by atoms with Gasteiger partial charge in [0.1, 0.15) is 11.4 Å². The second kappa shape index (κ2) is 9.84. The Hall–Kier alpha value is -2.04. The molecule has 1 aromatic carbocycles. The summed E-state index contributed by atoms with van der Waals surface area (Å²) in [4.78, 5) is 18.5. The summed E-state index contributed by atoms with van der Waals surface area (Å²) in [7, 11) is 0. The summed E-state index contributed by atoms with van der Waals surface area (Å²) < 4.78 is 54.6. The quantitative estimate of drug-likeness (QED) is 0.682. The average molecular weight is 460 g/mol. The van der Waals surface area contributed by atoms with E-state index in [4.69, 9.17) is 9.47 Å². The average Bonchev–Trinajstić information content (AvgIpc) is 2.68. The molecule has 2 aliphatic rings. The van der Waals surface area contributed by atoms with Crippen LogP contribution in [0.1, 0.15) is 39.4 Å². The monoisotopic (exact) mass is 459 g/mol. The largest absolute Gasteiger partial charge is 0.573 e.